The highest BCUT2D eigenvalue weighted by molar-refractivity contribution is 6.33. The molecule has 2 aromatic carbocycles. The molecule has 3 aromatic rings. The van der Waals surface area contributed by atoms with Gasteiger partial charge in [0.1, 0.15) is 5.82 Å². The first kappa shape index (κ1) is 19.6. The maximum Gasteiger partial charge on any atom is 0.337 e. The van der Waals surface area contributed by atoms with Gasteiger partial charge in [0.2, 0.25) is 5.95 Å². The number of ether oxygens (including phenoxy) is 1. The molecule has 0 saturated carbocycles. The Morgan fingerprint density at radius 3 is 2.54 bits per heavy atom. The highest BCUT2D eigenvalue weighted by Crippen LogP contribution is 2.30. The molecule has 1 aromatic heterocycles. The van der Waals surface area contributed by atoms with Crippen LogP contribution in [0.4, 0.5) is 23.1 Å². The fourth-order valence-electron chi connectivity index (χ4n) is 2.86. The van der Waals surface area contributed by atoms with Crippen molar-refractivity contribution in [3.63, 3.8) is 0 Å². The van der Waals surface area contributed by atoms with Gasteiger partial charge in [-0.1, -0.05) is 23.7 Å². The van der Waals surface area contributed by atoms with E-state index in [-0.39, 0.29) is 0 Å². The standard InChI is InChI=1S/C21H21ClN4O2/c1-12-8-13(2)19(17(22)9-12)25-18-10-14(3)23-21(26-18)24-16-7-5-6-15(11-16)20(27)28-4/h5-11H,1-4H3,(H2,23,24,25,26). The van der Waals surface area contributed by atoms with Crippen molar-refractivity contribution < 1.29 is 9.53 Å². The van der Waals surface area contributed by atoms with E-state index in [1.54, 1.807) is 18.2 Å². The van der Waals surface area contributed by atoms with Crippen LogP contribution in [-0.2, 0) is 4.74 Å². The van der Waals surface area contributed by atoms with Crippen LogP contribution in [0, 0.1) is 20.8 Å². The Hall–Kier alpha value is -3.12. The minimum atomic E-state index is -0.402. The Balaban J connectivity index is 1.88. The van der Waals surface area contributed by atoms with Crippen LogP contribution in [0.5, 0.6) is 0 Å². The summed E-state index contributed by atoms with van der Waals surface area (Å²) in [4.78, 5) is 20.6. The highest BCUT2D eigenvalue weighted by Gasteiger charge is 2.10. The second-order valence-corrected chi connectivity index (χ2v) is 6.89. The smallest absolute Gasteiger partial charge is 0.337 e. The number of esters is 1. The van der Waals surface area contributed by atoms with E-state index in [0.29, 0.717) is 28.0 Å². The van der Waals surface area contributed by atoms with Gasteiger partial charge in [-0.3, -0.25) is 0 Å². The highest BCUT2D eigenvalue weighted by atomic mass is 35.5. The summed E-state index contributed by atoms with van der Waals surface area (Å²) in [5, 5.41) is 7.04. The van der Waals surface area contributed by atoms with Gasteiger partial charge in [0, 0.05) is 17.4 Å². The first-order valence-corrected chi connectivity index (χ1v) is 9.08. The number of benzene rings is 2. The number of carbonyl (C=O) groups is 1. The zero-order chi connectivity index (χ0) is 20.3. The van der Waals surface area contributed by atoms with Gasteiger partial charge in [-0.25, -0.2) is 9.78 Å². The summed E-state index contributed by atoms with van der Waals surface area (Å²) in [6, 6.07) is 12.8. The summed E-state index contributed by atoms with van der Waals surface area (Å²) in [5.41, 5.74) is 4.85. The van der Waals surface area contributed by atoms with Gasteiger partial charge in [0.05, 0.1) is 23.4 Å². The Morgan fingerprint density at radius 1 is 1.04 bits per heavy atom. The topological polar surface area (TPSA) is 76.1 Å². The molecule has 0 aliphatic rings. The number of carbonyl (C=O) groups excluding carboxylic acids is 1. The van der Waals surface area contributed by atoms with Crippen molar-refractivity contribution in [3.8, 4) is 0 Å². The van der Waals surface area contributed by atoms with Crippen LogP contribution in [0.3, 0.4) is 0 Å². The lowest BCUT2D eigenvalue weighted by atomic mass is 10.1. The molecule has 144 valence electrons. The number of nitrogens with zero attached hydrogens (tertiary/aromatic N) is 2. The molecule has 0 saturated heterocycles. The predicted molar refractivity (Wildman–Crippen MR) is 112 cm³/mol. The maximum atomic E-state index is 11.7. The SMILES string of the molecule is COC(=O)c1cccc(Nc2nc(C)cc(Nc3c(C)cc(C)cc3Cl)n2)c1. The summed E-state index contributed by atoms with van der Waals surface area (Å²) in [5.74, 6) is 0.624. The summed E-state index contributed by atoms with van der Waals surface area (Å²) in [7, 11) is 1.35. The summed E-state index contributed by atoms with van der Waals surface area (Å²) in [6.07, 6.45) is 0. The van der Waals surface area contributed by atoms with Gasteiger partial charge >= 0.3 is 5.97 Å². The number of nitrogens with one attached hydrogen (secondary N) is 2. The molecule has 3 rings (SSSR count). The van der Waals surface area contributed by atoms with Crippen LogP contribution in [0.2, 0.25) is 5.02 Å². The summed E-state index contributed by atoms with van der Waals surface area (Å²) < 4.78 is 4.76. The van der Waals surface area contributed by atoms with Crippen LogP contribution in [0.1, 0.15) is 27.2 Å². The molecule has 0 amide bonds. The van der Waals surface area contributed by atoms with Crippen molar-refractivity contribution in [2.24, 2.45) is 0 Å². The molecular formula is C21H21ClN4O2. The Morgan fingerprint density at radius 2 is 1.82 bits per heavy atom. The van der Waals surface area contributed by atoms with E-state index in [1.165, 1.54) is 7.11 Å². The van der Waals surface area contributed by atoms with Crippen LogP contribution in [-0.4, -0.2) is 23.0 Å². The Bertz CT molecular complexity index is 1010. The molecule has 0 spiro atoms. The van der Waals surface area contributed by atoms with Crippen molar-refractivity contribution in [1.29, 1.82) is 0 Å². The molecular weight excluding hydrogens is 376 g/mol. The quantitative estimate of drug-likeness (QED) is 0.568. The van der Waals surface area contributed by atoms with E-state index in [1.807, 2.05) is 39.0 Å². The maximum absolute atomic E-state index is 11.7. The average Bonchev–Trinajstić information content (AvgIpc) is 2.64. The monoisotopic (exact) mass is 396 g/mol. The number of aromatic nitrogens is 2. The molecule has 0 aliphatic heterocycles. The molecule has 0 fully saturated rings. The number of hydrogen-bond donors (Lipinski definition) is 2. The second kappa shape index (κ2) is 8.27. The van der Waals surface area contributed by atoms with Crippen LogP contribution in [0.25, 0.3) is 0 Å². The van der Waals surface area contributed by atoms with Crippen molar-refractivity contribution in [2.45, 2.75) is 20.8 Å². The van der Waals surface area contributed by atoms with E-state index in [0.717, 1.165) is 22.5 Å². The minimum absolute atomic E-state index is 0.402. The van der Waals surface area contributed by atoms with Gasteiger partial charge in [0.15, 0.2) is 0 Å². The van der Waals surface area contributed by atoms with Crippen molar-refractivity contribution in [2.75, 3.05) is 17.7 Å². The van der Waals surface area contributed by atoms with E-state index >= 15 is 0 Å². The molecule has 0 bridgehead atoms. The number of halogens is 1. The third-order valence-corrected chi connectivity index (χ3v) is 4.38. The number of methoxy groups -OCH3 is 1. The second-order valence-electron chi connectivity index (χ2n) is 6.48. The average molecular weight is 397 g/mol. The molecule has 0 radical (unpaired) electrons. The Labute approximate surface area is 168 Å². The zero-order valence-electron chi connectivity index (χ0n) is 16.1. The lowest BCUT2D eigenvalue weighted by Gasteiger charge is -2.14. The van der Waals surface area contributed by atoms with Crippen molar-refractivity contribution >= 4 is 40.7 Å². The van der Waals surface area contributed by atoms with E-state index in [2.05, 4.69) is 26.7 Å². The molecule has 6 nitrogen and oxygen atoms in total. The number of hydrogen-bond acceptors (Lipinski definition) is 6. The first-order valence-electron chi connectivity index (χ1n) is 8.70. The number of anilines is 4. The molecule has 2 N–H and O–H groups in total. The van der Waals surface area contributed by atoms with Gasteiger partial charge in [-0.2, -0.15) is 4.98 Å². The molecule has 7 heteroatoms. The van der Waals surface area contributed by atoms with Gasteiger partial charge in [0.25, 0.3) is 0 Å². The van der Waals surface area contributed by atoms with Crippen molar-refractivity contribution in [1.82, 2.24) is 9.97 Å². The fraction of sp³-hybridized carbons (Fsp3) is 0.190. The number of rotatable bonds is 5. The summed E-state index contributed by atoms with van der Waals surface area (Å²) in [6.45, 7) is 5.88. The predicted octanol–water partition coefficient (Wildman–Crippen LogP) is 5.33. The normalized spacial score (nSPS) is 10.5. The molecule has 0 aliphatic carbocycles. The molecule has 0 unspecified atom stereocenters. The third kappa shape index (κ3) is 4.58. The van der Waals surface area contributed by atoms with E-state index in [4.69, 9.17) is 16.3 Å². The Kier molecular flexibility index (Phi) is 5.80. The largest absolute Gasteiger partial charge is 0.465 e. The molecule has 28 heavy (non-hydrogen) atoms. The van der Waals surface area contributed by atoms with Gasteiger partial charge in [-0.05, 0) is 56.2 Å². The lowest BCUT2D eigenvalue weighted by molar-refractivity contribution is 0.0601. The fourth-order valence-corrected chi connectivity index (χ4v) is 3.23. The summed E-state index contributed by atoms with van der Waals surface area (Å²) >= 11 is 6.39. The minimum Gasteiger partial charge on any atom is -0.465 e. The first-order chi connectivity index (χ1) is 13.4. The number of aryl methyl sites for hydroxylation is 3. The van der Waals surface area contributed by atoms with Crippen LogP contribution in [0.15, 0.2) is 42.5 Å². The van der Waals surface area contributed by atoms with Gasteiger partial charge < -0.3 is 15.4 Å². The van der Waals surface area contributed by atoms with E-state index < -0.39 is 5.97 Å². The zero-order valence-corrected chi connectivity index (χ0v) is 16.9. The lowest BCUT2D eigenvalue weighted by Crippen LogP contribution is -2.05. The van der Waals surface area contributed by atoms with E-state index in [9.17, 15) is 4.79 Å². The van der Waals surface area contributed by atoms with Gasteiger partial charge in [-0.15, -0.1) is 0 Å². The third-order valence-electron chi connectivity index (χ3n) is 4.08. The van der Waals surface area contributed by atoms with Crippen molar-refractivity contribution in [3.05, 3.63) is 69.9 Å². The molecule has 1 heterocycles. The van der Waals surface area contributed by atoms with Crippen LogP contribution < -0.4 is 10.6 Å². The molecule has 0 atom stereocenters. The van der Waals surface area contributed by atoms with Crippen LogP contribution >= 0.6 is 11.6 Å².